The second-order valence-corrected chi connectivity index (χ2v) is 4.60. The van der Waals surface area contributed by atoms with Gasteiger partial charge in [-0.2, -0.15) is 0 Å². The molecule has 1 heterocycles. The van der Waals surface area contributed by atoms with Crippen LogP contribution in [0.15, 0.2) is 0 Å². The third-order valence-electron chi connectivity index (χ3n) is 2.54. The molecule has 1 atom stereocenters. The van der Waals surface area contributed by atoms with E-state index in [2.05, 4.69) is 17.1 Å². The Labute approximate surface area is 85.8 Å². The van der Waals surface area contributed by atoms with Crippen LogP contribution in [0.4, 0.5) is 0 Å². The first-order chi connectivity index (χ1) is 6.50. The largest absolute Gasteiger partial charge is 0.349 e. The molecule has 1 aliphatic rings. The number of nitrogens with one attached hydrogen (secondary N) is 1. The van der Waals surface area contributed by atoms with Crippen LogP contribution in [-0.2, 0) is 4.79 Å². The summed E-state index contributed by atoms with van der Waals surface area (Å²) < 4.78 is 0. The Balaban J connectivity index is 2.72. The van der Waals surface area contributed by atoms with Crippen LogP contribution in [-0.4, -0.2) is 42.0 Å². The van der Waals surface area contributed by atoms with Crippen molar-refractivity contribution in [2.45, 2.75) is 38.8 Å². The summed E-state index contributed by atoms with van der Waals surface area (Å²) in [4.78, 5) is 13.9. The van der Waals surface area contributed by atoms with E-state index in [-0.39, 0.29) is 17.5 Å². The maximum atomic E-state index is 11.7. The normalized spacial score (nSPS) is 27.4. The number of nitrogens with zero attached hydrogens (tertiary/aromatic N) is 1. The molecule has 0 bridgehead atoms. The Hall–Kier alpha value is -0.610. The lowest BCUT2D eigenvalue weighted by Crippen LogP contribution is -2.66. The lowest BCUT2D eigenvalue weighted by Gasteiger charge is -2.43. The van der Waals surface area contributed by atoms with Gasteiger partial charge < -0.3 is 11.1 Å². The molecule has 0 radical (unpaired) electrons. The third-order valence-corrected chi connectivity index (χ3v) is 2.54. The minimum Gasteiger partial charge on any atom is -0.349 e. The molecule has 14 heavy (non-hydrogen) atoms. The first kappa shape index (κ1) is 11.5. The summed E-state index contributed by atoms with van der Waals surface area (Å²) in [6, 6.07) is -0.136. The Kier molecular flexibility index (Phi) is 3.50. The van der Waals surface area contributed by atoms with Gasteiger partial charge in [-0.15, -0.1) is 0 Å². The van der Waals surface area contributed by atoms with Gasteiger partial charge in [-0.1, -0.05) is 6.92 Å². The predicted molar refractivity (Wildman–Crippen MR) is 56.9 cm³/mol. The van der Waals surface area contributed by atoms with Crippen molar-refractivity contribution in [3.8, 4) is 0 Å². The fourth-order valence-electron chi connectivity index (χ4n) is 2.02. The lowest BCUT2D eigenvalue weighted by atomic mass is 9.98. The topological polar surface area (TPSA) is 58.4 Å². The molecular weight excluding hydrogens is 178 g/mol. The van der Waals surface area contributed by atoms with Gasteiger partial charge in [-0.3, -0.25) is 9.69 Å². The van der Waals surface area contributed by atoms with Crippen LogP contribution in [0, 0.1) is 0 Å². The highest BCUT2D eigenvalue weighted by Crippen LogP contribution is 2.15. The van der Waals surface area contributed by atoms with E-state index in [1.807, 2.05) is 13.8 Å². The van der Waals surface area contributed by atoms with E-state index in [1.165, 1.54) is 0 Å². The Morgan fingerprint density at radius 1 is 1.64 bits per heavy atom. The average molecular weight is 199 g/mol. The minimum absolute atomic E-state index is 0.0669. The van der Waals surface area contributed by atoms with Crippen LogP contribution in [0.5, 0.6) is 0 Å². The quantitative estimate of drug-likeness (QED) is 0.669. The van der Waals surface area contributed by atoms with Crippen molar-refractivity contribution in [1.29, 1.82) is 0 Å². The number of carbonyl (C=O) groups is 1. The van der Waals surface area contributed by atoms with Crippen molar-refractivity contribution in [2.24, 2.45) is 5.73 Å². The molecule has 1 saturated heterocycles. The van der Waals surface area contributed by atoms with Crippen LogP contribution < -0.4 is 11.1 Å². The number of amides is 1. The summed E-state index contributed by atoms with van der Waals surface area (Å²) in [7, 11) is 0. The van der Waals surface area contributed by atoms with Gasteiger partial charge in [0.2, 0.25) is 5.91 Å². The summed E-state index contributed by atoms with van der Waals surface area (Å²) >= 11 is 0. The van der Waals surface area contributed by atoms with Gasteiger partial charge in [0.05, 0.1) is 0 Å². The van der Waals surface area contributed by atoms with E-state index < -0.39 is 0 Å². The third kappa shape index (κ3) is 2.45. The standard InChI is InChI=1S/C10H21N3O/c1-4-5-13-7-10(2,3)12-9(14)8(13)6-11/h8H,4-7,11H2,1-3H3,(H,12,14). The highest BCUT2D eigenvalue weighted by molar-refractivity contribution is 5.83. The van der Waals surface area contributed by atoms with E-state index >= 15 is 0 Å². The molecule has 0 aromatic heterocycles. The van der Waals surface area contributed by atoms with Crippen molar-refractivity contribution in [2.75, 3.05) is 19.6 Å². The van der Waals surface area contributed by atoms with Gasteiger partial charge in [0.1, 0.15) is 6.04 Å². The SMILES string of the molecule is CCCN1CC(C)(C)NC(=O)C1CN. The fourth-order valence-corrected chi connectivity index (χ4v) is 2.02. The van der Waals surface area contributed by atoms with Gasteiger partial charge >= 0.3 is 0 Å². The van der Waals surface area contributed by atoms with Crippen molar-refractivity contribution in [3.63, 3.8) is 0 Å². The van der Waals surface area contributed by atoms with E-state index in [1.54, 1.807) is 0 Å². The average Bonchev–Trinajstić information content (AvgIpc) is 2.02. The molecule has 3 N–H and O–H groups in total. The zero-order chi connectivity index (χ0) is 10.8. The monoisotopic (exact) mass is 199 g/mol. The summed E-state index contributed by atoms with van der Waals surface area (Å²) in [6.45, 7) is 8.43. The molecule has 0 aliphatic carbocycles. The van der Waals surface area contributed by atoms with Gasteiger partial charge in [-0.05, 0) is 26.8 Å². The summed E-state index contributed by atoms with van der Waals surface area (Å²) in [6.07, 6.45) is 1.06. The molecular formula is C10H21N3O. The number of nitrogens with two attached hydrogens (primary N) is 1. The summed E-state index contributed by atoms with van der Waals surface area (Å²) in [5.74, 6) is 0.0669. The van der Waals surface area contributed by atoms with Crippen molar-refractivity contribution >= 4 is 5.91 Å². The zero-order valence-corrected chi connectivity index (χ0v) is 9.34. The smallest absolute Gasteiger partial charge is 0.239 e. The van der Waals surface area contributed by atoms with Gasteiger partial charge in [0.15, 0.2) is 0 Å². The summed E-state index contributed by atoms with van der Waals surface area (Å²) in [5.41, 5.74) is 5.47. The number of hydrogen-bond acceptors (Lipinski definition) is 3. The number of piperazine rings is 1. The van der Waals surface area contributed by atoms with Gasteiger partial charge in [-0.25, -0.2) is 0 Å². The van der Waals surface area contributed by atoms with Crippen LogP contribution in [0.1, 0.15) is 27.2 Å². The first-order valence-electron chi connectivity index (χ1n) is 5.26. The highest BCUT2D eigenvalue weighted by Gasteiger charge is 2.36. The number of carbonyl (C=O) groups excluding carboxylic acids is 1. The second-order valence-electron chi connectivity index (χ2n) is 4.60. The Morgan fingerprint density at radius 2 is 2.29 bits per heavy atom. The van der Waals surface area contributed by atoms with E-state index in [0.29, 0.717) is 6.54 Å². The molecule has 82 valence electrons. The van der Waals surface area contributed by atoms with E-state index in [9.17, 15) is 4.79 Å². The second kappa shape index (κ2) is 4.28. The molecule has 4 heteroatoms. The highest BCUT2D eigenvalue weighted by atomic mass is 16.2. The molecule has 0 aromatic carbocycles. The summed E-state index contributed by atoms with van der Waals surface area (Å²) in [5, 5.41) is 2.98. The molecule has 1 amide bonds. The van der Waals surface area contributed by atoms with Crippen LogP contribution in [0.3, 0.4) is 0 Å². The molecule has 1 unspecified atom stereocenters. The molecule has 4 nitrogen and oxygen atoms in total. The van der Waals surface area contributed by atoms with Crippen LogP contribution in [0.2, 0.25) is 0 Å². The van der Waals surface area contributed by atoms with Crippen LogP contribution in [0.25, 0.3) is 0 Å². The number of rotatable bonds is 3. The van der Waals surface area contributed by atoms with Gasteiger partial charge in [0.25, 0.3) is 0 Å². The maximum Gasteiger partial charge on any atom is 0.239 e. The molecule has 0 saturated carbocycles. The van der Waals surface area contributed by atoms with Crippen molar-refractivity contribution < 1.29 is 4.79 Å². The zero-order valence-electron chi connectivity index (χ0n) is 9.34. The Morgan fingerprint density at radius 3 is 2.79 bits per heavy atom. The first-order valence-corrected chi connectivity index (χ1v) is 5.26. The van der Waals surface area contributed by atoms with Crippen LogP contribution >= 0.6 is 0 Å². The molecule has 0 spiro atoms. The van der Waals surface area contributed by atoms with Crippen molar-refractivity contribution in [1.82, 2.24) is 10.2 Å². The predicted octanol–water partition coefficient (Wildman–Crippen LogP) is -0.0659. The van der Waals surface area contributed by atoms with E-state index in [0.717, 1.165) is 19.5 Å². The number of hydrogen-bond donors (Lipinski definition) is 2. The molecule has 0 aromatic rings. The fraction of sp³-hybridized carbons (Fsp3) is 0.900. The van der Waals surface area contributed by atoms with E-state index in [4.69, 9.17) is 5.73 Å². The van der Waals surface area contributed by atoms with Gasteiger partial charge in [0, 0.05) is 18.6 Å². The minimum atomic E-state index is -0.136. The molecule has 1 fully saturated rings. The lowest BCUT2D eigenvalue weighted by molar-refractivity contribution is -0.132. The maximum absolute atomic E-state index is 11.7. The molecule has 1 rings (SSSR count). The van der Waals surface area contributed by atoms with Crippen molar-refractivity contribution in [3.05, 3.63) is 0 Å². The Bertz CT molecular complexity index is 215. The molecule has 1 aliphatic heterocycles.